The molecule has 1 aliphatic rings. The number of rotatable bonds is 5. The van der Waals surface area contributed by atoms with Crippen molar-refractivity contribution in [2.45, 2.75) is 45.6 Å². The molecule has 0 saturated carbocycles. The molecule has 0 atom stereocenters. The number of hydrogen-bond donors (Lipinski definition) is 0. The summed E-state index contributed by atoms with van der Waals surface area (Å²) in [5.41, 5.74) is 2.82. The van der Waals surface area contributed by atoms with Crippen LogP contribution in [0.3, 0.4) is 0 Å². The fraction of sp³-hybridized carbons (Fsp3) is 0.588. The third-order valence-corrected chi connectivity index (χ3v) is 5.88. The molecule has 0 unspecified atom stereocenters. The summed E-state index contributed by atoms with van der Waals surface area (Å²) in [5, 5.41) is 4.37. The number of piperidine rings is 1. The van der Waals surface area contributed by atoms with Crippen LogP contribution >= 0.6 is 0 Å². The quantitative estimate of drug-likeness (QED) is 0.813. The maximum atomic E-state index is 11.7. The van der Waals surface area contributed by atoms with Crippen molar-refractivity contribution in [3.8, 4) is 11.4 Å². The van der Waals surface area contributed by atoms with Crippen LogP contribution in [0.25, 0.3) is 11.4 Å². The predicted molar refractivity (Wildman–Crippen MR) is 96.7 cm³/mol. The van der Waals surface area contributed by atoms with Gasteiger partial charge in [-0.1, -0.05) is 6.92 Å². The lowest BCUT2D eigenvalue weighted by atomic mass is 9.97. The molecule has 0 radical (unpaired) electrons. The molecular weight excluding hydrogens is 338 g/mol. The lowest BCUT2D eigenvalue weighted by Gasteiger charge is -2.29. The summed E-state index contributed by atoms with van der Waals surface area (Å²) in [6.45, 7) is 6.01. The molecule has 8 heteroatoms. The summed E-state index contributed by atoms with van der Waals surface area (Å²) in [4.78, 5) is 9.41. The zero-order valence-electron chi connectivity index (χ0n) is 15.0. The number of aromatic nitrogens is 4. The van der Waals surface area contributed by atoms with Crippen LogP contribution in [0.15, 0.2) is 18.3 Å². The number of sulfonamides is 1. The highest BCUT2D eigenvalue weighted by molar-refractivity contribution is 7.88. The minimum absolute atomic E-state index is 0.194. The molecule has 0 amide bonds. The van der Waals surface area contributed by atoms with Crippen molar-refractivity contribution in [2.24, 2.45) is 0 Å². The van der Waals surface area contributed by atoms with Gasteiger partial charge in [0.25, 0.3) is 0 Å². The number of aryl methyl sites for hydroxylation is 2. The Hall–Kier alpha value is -1.80. The molecule has 1 aliphatic heterocycles. The van der Waals surface area contributed by atoms with Crippen molar-refractivity contribution >= 4 is 10.0 Å². The summed E-state index contributed by atoms with van der Waals surface area (Å²) < 4.78 is 26.9. The van der Waals surface area contributed by atoms with Crippen molar-refractivity contribution < 1.29 is 8.42 Å². The Balaban J connectivity index is 1.84. The first-order valence-electron chi connectivity index (χ1n) is 8.71. The van der Waals surface area contributed by atoms with Gasteiger partial charge in [0.1, 0.15) is 5.82 Å². The van der Waals surface area contributed by atoms with E-state index < -0.39 is 10.0 Å². The van der Waals surface area contributed by atoms with Gasteiger partial charge in [-0.05, 0) is 38.3 Å². The van der Waals surface area contributed by atoms with Gasteiger partial charge < -0.3 is 0 Å². The van der Waals surface area contributed by atoms with Gasteiger partial charge in [-0.15, -0.1) is 0 Å². The van der Waals surface area contributed by atoms with Crippen molar-refractivity contribution in [3.63, 3.8) is 0 Å². The Morgan fingerprint density at radius 3 is 2.60 bits per heavy atom. The largest absolute Gasteiger partial charge is 0.263 e. The fourth-order valence-corrected chi connectivity index (χ4v) is 4.17. The summed E-state index contributed by atoms with van der Waals surface area (Å²) in [6, 6.07) is 3.96. The van der Waals surface area contributed by atoms with Gasteiger partial charge in [-0.25, -0.2) is 22.7 Å². The zero-order valence-corrected chi connectivity index (χ0v) is 15.8. The lowest BCUT2D eigenvalue weighted by Crippen LogP contribution is -2.37. The first-order chi connectivity index (χ1) is 11.9. The maximum absolute atomic E-state index is 11.7. The second-order valence-electron chi connectivity index (χ2n) is 6.63. The third-order valence-electron chi connectivity index (χ3n) is 4.57. The van der Waals surface area contributed by atoms with E-state index in [1.807, 2.05) is 23.7 Å². The van der Waals surface area contributed by atoms with Crippen LogP contribution in [-0.4, -0.2) is 51.8 Å². The van der Waals surface area contributed by atoms with Crippen molar-refractivity contribution in [3.05, 3.63) is 29.8 Å². The second kappa shape index (κ2) is 7.21. The topological polar surface area (TPSA) is 81.0 Å². The van der Waals surface area contributed by atoms with Crippen LogP contribution in [0.4, 0.5) is 0 Å². The molecule has 7 nitrogen and oxygen atoms in total. The van der Waals surface area contributed by atoms with Crippen molar-refractivity contribution in [1.29, 1.82) is 0 Å². The molecule has 25 heavy (non-hydrogen) atoms. The van der Waals surface area contributed by atoms with Gasteiger partial charge in [0.05, 0.1) is 17.6 Å². The average molecular weight is 363 g/mol. The van der Waals surface area contributed by atoms with E-state index in [2.05, 4.69) is 17.0 Å². The lowest BCUT2D eigenvalue weighted by molar-refractivity contribution is 0.315. The van der Waals surface area contributed by atoms with Crippen molar-refractivity contribution in [2.75, 3.05) is 19.3 Å². The van der Waals surface area contributed by atoms with E-state index in [9.17, 15) is 8.42 Å². The normalized spacial score (nSPS) is 17.1. The maximum Gasteiger partial charge on any atom is 0.211 e. The van der Waals surface area contributed by atoms with E-state index in [0.717, 1.165) is 48.7 Å². The summed E-state index contributed by atoms with van der Waals surface area (Å²) in [7, 11) is -3.11. The molecule has 2 aromatic heterocycles. The minimum Gasteiger partial charge on any atom is -0.263 e. The van der Waals surface area contributed by atoms with E-state index in [1.165, 1.54) is 10.6 Å². The van der Waals surface area contributed by atoms with Gasteiger partial charge >= 0.3 is 0 Å². The molecule has 0 spiro atoms. The van der Waals surface area contributed by atoms with E-state index in [-0.39, 0.29) is 5.92 Å². The standard InChI is InChI=1S/C17H25N5O2S/c1-4-9-22-16(5-8-18-22)15-12-13(2)19-17(20-15)14-6-10-21(11-7-14)25(3,23)24/h5,8,12,14H,4,6-7,9-11H2,1-3H3. The predicted octanol–water partition coefficient (Wildman–Crippen LogP) is 2.20. The van der Waals surface area contributed by atoms with Gasteiger partial charge in [0, 0.05) is 37.4 Å². The summed E-state index contributed by atoms with van der Waals surface area (Å²) in [6.07, 6.45) is 5.58. The van der Waals surface area contributed by atoms with Gasteiger partial charge in [-0.3, -0.25) is 4.68 Å². The zero-order chi connectivity index (χ0) is 18.0. The highest BCUT2D eigenvalue weighted by atomic mass is 32.2. The SMILES string of the molecule is CCCn1nccc1-c1cc(C)nc(C2CCN(S(C)(=O)=O)CC2)n1. The van der Waals surface area contributed by atoms with Crippen LogP contribution in [-0.2, 0) is 16.6 Å². The Morgan fingerprint density at radius 1 is 1.24 bits per heavy atom. The molecule has 0 aliphatic carbocycles. The molecule has 2 aromatic rings. The Bertz CT molecular complexity index is 838. The Kier molecular flexibility index (Phi) is 5.19. The third kappa shape index (κ3) is 4.07. The van der Waals surface area contributed by atoms with Gasteiger partial charge in [0.15, 0.2) is 0 Å². The van der Waals surface area contributed by atoms with E-state index in [0.29, 0.717) is 13.1 Å². The molecule has 0 aromatic carbocycles. The first kappa shape index (κ1) is 18.0. The summed E-state index contributed by atoms with van der Waals surface area (Å²) in [5.74, 6) is 1.01. The monoisotopic (exact) mass is 363 g/mol. The summed E-state index contributed by atoms with van der Waals surface area (Å²) >= 11 is 0. The minimum atomic E-state index is -3.11. The van der Waals surface area contributed by atoms with E-state index in [4.69, 9.17) is 4.98 Å². The molecule has 0 bridgehead atoms. The van der Waals surface area contributed by atoms with E-state index >= 15 is 0 Å². The average Bonchev–Trinajstić information content (AvgIpc) is 3.02. The fourth-order valence-electron chi connectivity index (χ4n) is 3.29. The highest BCUT2D eigenvalue weighted by Gasteiger charge is 2.27. The highest BCUT2D eigenvalue weighted by Crippen LogP contribution is 2.28. The van der Waals surface area contributed by atoms with Crippen LogP contribution in [0.1, 0.15) is 43.6 Å². The Labute approximate surface area is 149 Å². The van der Waals surface area contributed by atoms with Crippen LogP contribution < -0.4 is 0 Å². The van der Waals surface area contributed by atoms with Crippen molar-refractivity contribution in [1.82, 2.24) is 24.1 Å². The first-order valence-corrected chi connectivity index (χ1v) is 10.6. The van der Waals surface area contributed by atoms with Gasteiger partial charge in [0.2, 0.25) is 10.0 Å². The molecule has 3 rings (SSSR count). The second-order valence-corrected chi connectivity index (χ2v) is 8.61. The molecule has 1 fully saturated rings. The smallest absolute Gasteiger partial charge is 0.211 e. The van der Waals surface area contributed by atoms with Crippen LogP contribution in [0.5, 0.6) is 0 Å². The molecule has 136 valence electrons. The number of nitrogens with zero attached hydrogens (tertiary/aromatic N) is 5. The molecule has 3 heterocycles. The molecule has 0 N–H and O–H groups in total. The van der Waals surface area contributed by atoms with Crippen LogP contribution in [0, 0.1) is 6.92 Å². The number of hydrogen-bond acceptors (Lipinski definition) is 5. The Morgan fingerprint density at radius 2 is 1.96 bits per heavy atom. The van der Waals surface area contributed by atoms with Crippen LogP contribution in [0.2, 0.25) is 0 Å². The van der Waals surface area contributed by atoms with Gasteiger partial charge in [-0.2, -0.15) is 5.10 Å². The molecular formula is C17H25N5O2S. The van der Waals surface area contributed by atoms with E-state index in [1.54, 1.807) is 6.20 Å². The molecule has 1 saturated heterocycles.